The smallest absolute Gasteiger partial charge is 0.223 e. The molecule has 5 nitrogen and oxygen atoms in total. The van der Waals surface area contributed by atoms with Crippen LogP contribution in [0.3, 0.4) is 0 Å². The first-order valence-electron chi connectivity index (χ1n) is 8.29. The number of piperidine rings is 1. The normalized spacial score (nSPS) is 16.8. The van der Waals surface area contributed by atoms with Crippen LogP contribution >= 0.6 is 22.7 Å². The largest absolute Gasteiger partial charge is 0.355 e. The summed E-state index contributed by atoms with van der Waals surface area (Å²) >= 11 is 3.50. The van der Waals surface area contributed by atoms with Gasteiger partial charge in [-0.15, -0.1) is 22.7 Å². The van der Waals surface area contributed by atoms with Crippen LogP contribution in [0.4, 0.5) is 0 Å². The third-order valence-corrected chi connectivity index (χ3v) is 7.90. The van der Waals surface area contributed by atoms with E-state index in [1.54, 1.807) is 22.7 Å². The molecule has 0 radical (unpaired) electrons. The number of nitrogens with zero attached hydrogens (tertiary/aromatic N) is 1. The molecule has 0 atom stereocenters. The Morgan fingerprint density at radius 1 is 1.24 bits per heavy atom. The van der Waals surface area contributed by atoms with E-state index in [2.05, 4.69) is 35.0 Å². The maximum Gasteiger partial charge on any atom is 0.223 e. The molecule has 0 aliphatic carbocycles. The zero-order valence-corrected chi connectivity index (χ0v) is 16.6. The molecule has 0 spiro atoms. The second kappa shape index (κ2) is 7.99. The van der Waals surface area contributed by atoms with E-state index in [1.807, 2.05) is 0 Å². The molecule has 0 saturated carbocycles. The Morgan fingerprint density at radius 2 is 2.00 bits per heavy atom. The minimum Gasteiger partial charge on any atom is -0.355 e. The van der Waals surface area contributed by atoms with Gasteiger partial charge in [-0.25, -0.2) is 12.7 Å². The summed E-state index contributed by atoms with van der Waals surface area (Å²) in [5.41, 5.74) is 0. The first-order chi connectivity index (χ1) is 11.9. The van der Waals surface area contributed by atoms with Crippen molar-refractivity contribution < 1.29 is 13.2 Å². The van der Waals surface area contributed by atoms with Crippen molar-refractivity contribution in [1.82, 2.24) is 9.62 Å². The van der Waals surface area contributed by atoms with Gasteiger partial charge in [0.2, 0.25) is 15.9 Å². The van der Waals surface area contributed by atoms with Crippen molar-refractivity contribution in [3.63, 3.8) is 0 Å². The average molecular weight is 399 g/mol. The highest BCUT2D eigenvalue weighted by Gasteiger charge is 2.28. The van der Waals surface area contributed by atoms with Gasteiger partial charge in [0.05, 0.1) is 6.26 Å². The molecule has 1 aliphatic rings. The van der Waals surface area contributed by atoms with Crippen LogP contribution in [-0.2, 0) is 21.2 Å². The van der Waals surface area contributed by atoms with E-state index in [9.17, 15) is 13.2 Å². The Morgan fingerprint density at radius 3 is 2.64 bits per heavy atom. The highest BCUT2D eigenvalue weighted by Crippen LogP contribution is 2.31. The molecule has 1 saturated heterocycles. The van der Waals surface area contributed by atoms with Gasteiger partial charge in [-0.3, -0.25) is 4.79 Å². The van der Waals surface area contributed by atoms with Gasteiger partial charge in [-0.2, -0.15) is 0 Å². The first kappa shape index (κ1) is 18.6. The Balaban J connectivity index is 1.43. The van der Waals surface area contributed by atoms with E-state index in [4.69, 9.17) is 0 Å². The SMILES string of the molecule is CS(=O)(=O)N1CCC(C(=O)NCCc2ccc(-c3cccs3)s2)CC1. The Bertz CT molecular complexity index is 804. The summed E-state index contributed by atoms with van der Waals surface area (Å²) in [6, 6.07) is 8.42. The number of nitrogens with one attached hydrogen (secondary N) is 1. The molecule has 1 fully saturated rings. The van der Waals surface area contributed by atoms with Gasteiger partial charge in [-0.1, -0.05) is 6.07 Å². The Hall–Kier alpha value is -1.22. The molecule has 0 bridgehead atoms. The number of amides is 1. The summed E-state index contributed by atoms with van der Waals surface area (Å²) in [4.78, 5) is 16.1. The summed E-state index contributed by atoms with van der Waals surface area (Å²) in [6.45, 7) is 1.49. The molecule has 2 aromatic rings. The van der Waals surface area contributed by atoms with Gasteiger partial charge in [0, 0.05) is 40.2 Å². The summed E-state index contributed by atoms with van der Waals surface area (Å²) in [5.74, 6) is -0.0359. The quantitative estimate of drug-likeness (QED) is 0.814. The summed E-state index contributed by atoms with van der Waals surface area (Å²) in [7, 11) is -3.14. The van der Waals surface area contributed by atoms with Gasteiger partial charge < -0.3 is 5.32 Å². The average Bonchev–Trinajstić information content (AvgIpc) is 3.25. The fraction of sp³-hybridized carbons (Fsp3) is 0.471. The van der Waals surface area contributed by atoms with Crippen LogP contribution in [0.2, 0.25) is 0 Å². The fourth-order valence-electron chi connectivity index (χ4n) is 2.97. The highest BCUT2D eigenvalue weighted by molar-refractivity contribution is 7.88. The van der Waals surface area contributed by atoms with Gasteiger partial charge in [0.15, 0.2) is 0 Å². The second-order valence-electron chi connectivity index (χ2n) is 6.22. The van der Waals surface area contributed by atoms with Crippen molar-refractivity contribution in [2.45, 2.75) is 19.3 Å². The van der Waals surface area contributed by atoms with Crippen LogP contribution in [0.25, 0.3) is 9.75 Å². The standard InChI is InChI=1S/C17H22N2O3S3/c1-25(21,22)19-10-7-13(8-11-19)17(20)18-9-6-14-4-5-16(24-14)15-3-2-12-23-15/h2-5,12-13H,6-11H2,1H3,(H,18,20). The van der Waals surface area contributed by atoms with Crippen molar-refractivity contribution >= 4 is 38.6 Å². The monoisotopic (exact) mass is 398 g/mol. The van der Waals surface area contributed by atoms with Crippen LogP contribution < -0.4 is 5.32 Å². The van der Waals surface area contributed by atoms with E-state index in [0.29, 0.717) is 32.5 Å². The van der Waals surface area contributed by atoms with Crippen LogP contribution in [-0.4, -0.2) is 44.5 Å². The number of carbonyl (C=O) groups is 1. The van der Waals surface area contributed by atoms with Crippen LogP contribution in [0.5, 0.6) is 0 Å². The third kappa shape index (κ3) is 4.91. The highest BCUT2D eigenvalue weighted by atomic mass is 32.2. The minimum absolute atomic E-state index is 0.0446. The van der Waals surface area contributed by atoms with E-state index in [-0.39, 0.29) is 11.8 Å². The zero-order chi connectivity index (χ0) is 17.9. The van der Waals surface area contributed by atoms with Crippen molar-refractivity contribution in [3.8, 4) is 9.75 Å². The lowest BCUT2D eigenvalue weighted by atomic mass is 9.97. The molecule has 1 N–H and O–H groups in total. The maximum absolute atomic E-state index is 12.3. The lowest BCUT2D eigenvalue weighted by molar-refractivity contribution is -0.126. The number of rotatable bonds is 6. The molecule has 3 heterocycles. The topological polar surface area (TPSA) is 66.5 Å². The lowest BCUT2D eigenvalue weighted by Gasteiger charge is -2.29. The van der Waals surface area contributed by atoms with Crippen LogP contribution in [0, 0.1) is 5.92 Å². The van der Waals surface area contributed by atoms with Crippen molar-refractivity contribution in [2.75, 3.05) is 25.9 Å². The van der Waals surface area contributed by atoms with Gasteiger partial charge >= 0.3 is 0 Å². The lowest BCUT2D eigenvalue weighted by Crippen LogP contribution is -2.42. The first-order valence-corrected chi connectivity index (χ1v) is 11.8. The minimum atomic E-state index is -3.14. The molecule has 0 unspecified atom stereocenters. The fourth-order valence-corrected chi connectivity index (χ4v) is 5.68. The number of thiophene rings is 2. The van der Waals surface area contributed by atoms with E-state index < -0.39 is 10.0 Å². The summed E-state index contributed by atoms with van der Waals surface area (Å²) < 4.78 is 24.5. The maximum atomic E-state index is 12.3. The predicted molar refractivity (Wildman–Crippen MR) is 103 cm³/mol. The molecular weight excluding hydrogens is 376 g/mol. The van der Waals surface area contributed by atoms with Crippen LogP contribution in [0.1, 0.15) is 17.7 Å². The predicted octanol–water partition coefficient (Wildman–Crippen LogP) is 2.81. The molecule has 1 aliphatic heterocycles. The van der Waals surface area contributed by atoms with E-state index in [0.717, 1.165) is 6.42 Å². The van der Waals surface area contributed by atoms with E-state index in [1.165, 1.54) is 25.2 Å². The summed E-state index contributed by atoms with van der Waals surface area (Å²) in [5, 5.41) is 5.07. The molecule has 3 rings (SSSR count). The Labute approximate surface area is 156 Å². The van der Waals surface area contributed by atoms with Gasteiger partial charge in [0.25, 0.3) is 0 Å². The third-order valence-electron chi connectivity index (χ3n) is 4.39. The molecule has 136 valence electrons. The van der Waals surface area contributed by atoms with Crippen LogP contribution in [0.15, 0.2) is 29.6 Å². The Kier molecular flexibility index (Phi) is 5.93. The number of carbonyl (C=O) groups excluding carboxylic acids is 1. The van der Waals surface area contributed by atoms with E-state index >= 15 is 0 Å². The van der Waals surface area contributed by atoms with Crippen molar-refractivity contribution in [2.24, 2.45) is 5.92 Å². The molecule has 8 heteroatoms. The zero-order valence-electron chi connectivity index (χ0n) is 14.1. The van der Waals surface area contributed by atoms with Crippen molar-refractivity contribution in [3.05, 3.63) is 34.5 Å². The molecule has 1 amide bonds. The number of sulfonamides is 1. The van der Waals surface area contributed by atoms with Gasteiger partial charge in [0.1, 0.15) is 0 Å². The summed E-state index contributed by atoms with van der Waals surface area (Å²) in [6.07, 6.45) is 3.24. The molecule has 0 aromatic carbocycles. The molecular formula is C17H22N2O3S3. The van der Waals surface area contributed by atoms with Gasteiger partial charge in [-0.05, 0) is 42.8 Å². The number of hydrogen-bond acceptors (Lipinski definition) is 5. The van der Waals surface area contributed by atoms with Crippen molar-refractivity contribution in [1.29, 1.82) is 0 Å². The second-order valence-corrected chi connectivity index (χ2v) is 10.3. The molecule has 25 heavy (non-hydrogen) atoms. The number of hydrogen-bond donors (Lipinski definition) is 1. The molecule has 2 aromatic heterocycles.